The summed E-state index contributed by atoms with van der Waals surface area (Å²) in [4.78, 5) is 8.76. The molecule has 0 amide bonds. The van der Waals surface area contributed by atoms with Gasteiger partial charge in [0.2, 0.25) is 0 Å². The van der Waals surface area contributed by atoms with Gasteiger partial charge in [-0.3, -0.25) is 4.99 Å². The van der Waals surface area contributed by atoms with Crippen LogP contribution in [0.5, 0.6) is 5.75 Å². The Hall–Kier alpha value is -1.35. The number of guanidine groups is 1. The number of nitrogens with one attached hydrogen (secondary N) is 2. The monoisotopic (exact) mass is 488 g/mol. The quantitative estimate of drug-likeness (QED) is 0.257. The predicted octanol–water partition coefficient (Wildman–Crippen LogP) is 3.73. The van der Waals surface area contributed by atoms with E-state index < -0.39 is 0 Å². The molecule has 144 valence electrons. The summed E-state index contributed by atoms with van der Waals surface area (Å²) < 4.78 is 5.38. The van der Waals surface area contributed by atoms with Crippen LogP contribution in [-0.4, -0.2) is 38.2 Å². The van der Waals surface area contributed by atoms with Crippen molar-refractivity contribution in [2.45, 2.75) is 33.1 Å². The number of nitrogens with zero attached hydrogens (tertiary/aromatic N) is 2. The summed E-state index contributed by atoms with van der Waals surface area (Å²) in [7, 11) is 3.51. The van der Waals surface area contributed by atoms with Gasteiger partial charge in [0.25, 0.3) is 0 Å². The molecule has 0 bridgehead atoms. The number of aryl methyl sites for hydroxylation is 3. The Morgan fingerprint density at radius 3 is 2.62 bits per heavy atom. The van der Waals surface area contributed by atoms with Crippen molar-refractivity contribution in [1.82, 2.24) is 15.6 Å². The van der Waals surface area contributed by atoms with Gasteiger partial charge in [0.05, 0.1) is 12.1 Å². The molecule has 0 atom stereocenters. The minimum Gasteiger partial charge on any atom is -0.496 e. The maximum atomic E-state index is 5.38. The topological polar surface area (TPSA) is 58.5 Å². The Labute approximate surface area is 177 Å². The van der Waals surface area contributed by atoms with Crippen LogP contribution in [0.15, 0.2) is 28.6 Å². The second-order valence-corrected chi connectivity index (χ2v) is 6.91. The first-order valence-electron chi connectivity index (χ1n) is 8.61. The maximum Gasteiger partial charge on any atom is 0.190 e. The maximum absolute atomic E-state index is 5.38. The molecule has 1 aromatic heterocycles. The van der Waals surface area contributed by atoms with Crippen LogP contribution in [0.4, 0.5) is 0 Å². The zero-order valence-electron chi connectivity index (χ0n) is 16.0. The van der Waals surface area contributed by atoms with Crippen molar-refractivity contribution < 1.29 is 4.74 Å². The van der Waals surface area contributed by atoms with Crippen LogP contribution in [0.3, 0.4) is 0 Å². The fourth-order valence-corrected chi connectivity index (χ4v) is 3.35. The lowest BCUT2D eigenvalue weighted by molar-refractivity contribution is 0.411. The molecule has 0 radical (unpaired) electrons. The highest BCUT2D eigenvalue weighted by Crippen LogP contribution is 2.19. The van der Waals surface area contributed by atoms with Crippen molar-refractivity contribution in [3.8, 4) is 5.75 Å². The second kappa shape index (κ2) is 12.1. The number of benzene rings is 1. The third-order valence-electron chi connectivity index (χ3n) is 3.93. The number of hydrogen-bond acceptors (Lipinski definition) is 4. The highest BCUT2D eigenvalue weighted by atomic mass is 127. The molecule has 1 aromatic carbocycles. The SMILES string of the molecule is CN=C(NCCCc1nc(C)cs1)NCCc1ccc(C)c(OC)c1.I. The fourth-order valence-electron chi connectivity index (χ4n) is 2.53. The molecule has 1 heterocycles. The molecule has 0 saturated carbocycles. The highest BCUT2D eigenvalue weighted by molar-refractivity contribution is 14.0. The Balaban J connectivity index is 0.00000338. The van der Waals surface area contributed by atoms with E-state index in [9.17, 15) is 0 Å². The molecular weight excluding hydrogens is 459 g/mol. The van der Waals surface area contributed by atoms with Crippen LogP contribution in [0.2, 0.25) is 0 Å². The molecule has 0 spiro atoms. The summed E-state index contributed by atoms with van der Waals surface area (Å²) in [6, 6.07) is 6.34. The number of aliphatic imine (C=N–C) groups is 1. The van der Waals surface area contributed by atoms with E-state index in [2.05, 4.69) is 51.1 Å². The largest absolute Gasteiger partial charge is 0.496 e. The van der Waals surface area contributed by atoms with E-state index in [0.29, 0.717) is 0 Å². The van der Waals surface area contributed by atoms with Crippen molar-refractivity contribution in [1.29, 1.82) is 0 Å². The third-order valence-corrected chi connectivity index (χ3v) is 4.96. The van der Waals surface area contributed by atoms with Gasteiger partial charge in [-0.05, 0) is 43.9 Å². The lowest BCUT2D eigenvalue weighted by Gasteiger charge is -2.12. The van der Waals surface area contributed by atoms with Crippen molar-refractivity contribution >= 4 is 41.3 Å². The molecule has 5 nitrogen and oxygen atoms in total. The molecule has 0 saturated heterocycles. The molecule has 2 aromatic rings. The van der Waals surface area contributed by atoms with Gasteiger partial charge in [0, 0.05) is 37.6 Å². The number of hydrogen-bond donors (Lipinski definition) is 2. The number of rotatable bonds is 8. The van der Waals surface area contributed by atoms with Gasteiger partial charge in [0.15, 0.2) is 5.96 Å². The Morgan fingerprint density at radius 2 is 1.96 bits per heavy atom. The Morgan fingerprint density at radius 1 is 1.19 bits per heavy atom. The van der Waals surface area contributed by atoms with Gasteiger partial charge in [-0.2, -0.15) is 0 Å². The van der Waals surface area contributed by atoms with Gasteiger partial charge in [-0.15, -0.1) is 35.3 Å². The lowest BCUT2D eigenvalue weighted by Crippen LogP contribution is -2.38. The van der Waals surface area contributed by atoms with Gasteiger partial charge in [-0.25, -0.2) is 4.98 Å². The smallest absolute Gasteiger partial charge is 0.190 e. The first-order chi connectivity index (χ1) is 12.1. The normalized spacial score (nSPS) is 11.0. The van der Waals surface area contributed by atoms with E-state index in [1.165, 1.54) is 10.6 Å². The second-order valence-electron chi connectivity index (χ2n) is 5.97. The van der Waals surface area contributed by atoms with E-state index in [0.717, 1.165) is 55.3 Å². The van der Waals surface area contributed by atoms with E-state index >= 15 is 0 Å². The van der Waals surface area contributed by atoms with Crippen LogP contribution in [-0.2, 0) is 12.8 Å². The Kier molecular flexibility index (Phi) is 10.6. The molecule has 0 aliphatic carbocycles. The minimum atomic E-state index is 0. The summed E-state index contributed by atoms with van der Waals surface area (Å²) in [5.74, 6) is 1.78. The zero-order chi connectivity index (χ0) is 18.1. The van der Waals surface area contributed by atoms with Crippen molar-refractivity contribution in [3.63, 3.8) is 0 Å². The minimum absolute atomic E-state index is 0. The van der Waals surface area contributed by atoms with E-state index in [1.54, 1.807) is 25.5 Å². The number of methoxy groups -OCH3 is 1. The number of ether oxygens (including phenoxy) is 1. The molecule has 0 aliphatic heterocycles. The van der Waals surface area contributed by atoms with Gasteiger partial charge in [0.1, 0.15) is 5.75 Å². The zero-order valence-corrected chi connectivity index (χ0v) is 19.1. The molecule has 26 heavy (non-hydrogen) atoms. The van der Waals surface area contributed by atoms with Crippen LogP contribution < -0.4 is 15.4 Å². The molecule has 0 fully saturated rings. The van der Waals surface area contributed by atoms with Crippen LogP contribution in [0.25, 0.3) is 0 Å². The number of aromatic nitrogens is 1. The first kappa shape index (κ1) is 22.7. The standard InChI is InChI=1S/C19H28N4OS.HI/c1-14-7-8-16(12-17(14)24-4)9-11-22-19(20-3)21-10-5-6-18-23-15(2)13-25-18;/h7-8,12-13H,5-6,9-11H2,1-4H3,(H2,20,21,22);1H. The molecule has 0 aliphatic rings. The van der Waals surface area contributed by atoms with Gasteiger partial charge in [-0.1, -0.05) is 12.1 Å². The third kappa shape index (κ3) is 7.49. The lowest BCUT2D eigenvalue weighted by atomic mass is 10.1. The summed E-state index contributed by atoms with van der Waals surface area (Å²) in [6.07, 6.45) is 2.98. The Bertz CT molecular complexity index is 703. The van der Waals surface area contributed by atoms with E-state index in [4.69, 9.17) is 4.74 Å². The summed E-state index contributed by atoms with van der Waals surface area (Å²) in [5, 5.41) is 10.0. The van der Waals surface area contributed by atoms with Crippen LogP contribution in [0, 0.1) is 13.8 Å². The number of thiazole rings is 1. The van der Waals surface area contributed by atoms with E-state index in [-0.39, 0.29) is 24.0 Å². The average Bonchev–Trinajstić information content (AvgIpc) is 3.03. The van der Waals surface area contributed by atoms with E-state index in [1.807, 2.05) is 6.92 Å². The molecule has 2 rings (SSSR count). The van der Waals surface area contributed by atoms with Crippen molar-refractivity contribution in [2.75, 3.05) is 27.2 Å². The molecule has 7 heteroatoms. The molecule has 2 N–H and O–H groups in total. The fraction of sp³-hybridized carbons (Fsp3) is 0.474. The van der Waals surface area contributed by atoms with Crippen LogP contribution in [0.1, 0.15) is 28.2 Å². The first-order valence-corrected chi connectivity index (χ1v) is 9.49. The van der Waals surface area contributed by atoms with Gasteiger partial charge >= 0.3 is 0 Å². The predicted molar refractivity (Wildman–Crippen MR) is 121 cm³/mol. The summed E-state index contributed by atoms with van der Waals surface area (Å²) >= 11 is 1.73. The van der Waals surface area contributed by atoms with Crippen molar-refractivity contribution in [3.05, 3.63) is 45.4 Å². The van der Waals surface area contributed by atoms with Crippen LogP contribution >= 0.6 is 35.3 Å². The van der Waals surface area contributed by atoms with Crippen molar-refractivity contribution in [2.24, 2.45) is 4.99 Å². The summed E-state index contributed by atoms with van der Waals surface area (Å²) in [5.41, 5.74) is 3.52. The molecular formula is C19H29IN4OS. The molecule has 0 unspecified atom stereocenters. The highest BCUT2D eigenvalue weighted by Gasteiger charge is 2.02. The average molecular weight is 488 g/mol. The number of halogens is 1. The summed E-state index contributed by atoms with van der Waals surface area (Å²) in [6.45, 7) is 5.81. The van der Waals surface area contributed by atoms with Gasteiger partial charge < -0.3 is 15.4 Å².